The molecule has 2 fully saturated rings. The minimum absolute atomic E-state index is 0.00854. The number of carbonyl (C=O) groups excluding carboxylic acids is 1. The minimum Gasteiger partial charge on any atom is -0.394 e. The Kier molecular flexibility index (Phi) is 4.04. The fourth-order valence-electron chi connectivity index (χ4n) is 3.29. The summed E-state index contributed by atoms with van der Waals surface area (Å²) in [6.45, 7) is 5.45. The molecule has 0 aromatic carbocycles. The van der Waals surface area contributed by atoms with Gasteiger partial charge in [-0.15, -0.1) is 0 Å². The second kappa shape index (κ2) is 5.98. The normalized spacial score (nSPS) is 25.5. The lowest BCUT2D eigenvalue weighted by Gasteiger charge is -2.37. The summed E-state index contributed by atoms with van der Waals surface area (Å²) in [7, 11) is 0. The summed E-state index contributed by atoms with van der Waals surface area (Å²) in [6.07, 6.45) is 4.73. The van der Waals surface area contributed by atoms with Crippen LogP contribution in [0.4, 0.5) is 17.5 Å². The molecule has 3 rings (SSSR count). The number of nitrogen functional groups attached to an aromatic ring is 2. The van der Waals surface area contributed by atoms with Crippen LogP contribution >= 0.6 is 0 Å². The van der Waals surface area contributed by atoms with Crippen LogP contribution in [0.15, 0.2) is 6.20 Å². The summed E-state index contributed by atoms with van der Waals surface area (Å²) in [5.74, 6) is 1.53. The van der Waals surface area contributed by atoms with Crippen molar-refractivity contribution in [1.29, 1.82) is 0 Å². The number of aromatic nitrogens is 2. The molecule has 0 radical (unpaired) electrons. The number of piperidine rings is 1. The predicted octanol–water partition coefficient (Wildman–Crippen LogP) is 0.726. The number of nitrogens with two attached hydrogens (primary N) is 2. The van der Waals surface area contributed by atoms with Gasteiger partial charge in [-0.1, -0.05) is 6.92 Å². The van der Waals surface area contributed by atoms with Gasteiger partial charge in [-0.05, 0) is 25.2 Å². The van der Waals surface area contributed by atoms with Crippen LogP contribution in [0, 0.1) is 11.8 Å². The van der Waals surface area contributed by atoms with Gasteiger partial charge in [0, 0.05) is 26.2 Å². The Morgan fingerprint density at radius 3 is 2.68 bits per heavy atom. The van der Waals surface area contributed by atoms with Gasteiger partial charge in [-0.25, -0.2) is 4.98 Å². The monoisotopic (exact) mass is 304 g/mol. The van der Waals surface area contributed by atoms with Gasteiger partial charge in [0.1, 0.15) is 0 Å². The first kappa shape index (κ1) is 14.9. The number of rotatable bonds is 2. The second-order valence-electron chi connectivity index (χ2n) is 6.36. The molecule has 22 heavy (non-hydrogen) atoms. The van der Waals surface area contributed by atoms with E-state index in [0.29, 0.717) is 29.9 Å². The molecule has 0 spiro atoms. The number of hydrogen-bond donors (Lipinski definition) is 2. The van der Waals surface area contributed by atoms with Crippen molar-refractivity contribution in [3.8, 4) is 0 Å². The van der Waals surface area contributed by atoms with Crippen molar-refractivity contribution in [1.82, 2.24) is 14.9 Å². The van der Waals surface area contributed by atoms with Gasteiger partial charge in [-0.3, -0.25) is 4.79 Å². The Labute approximate surface area is 130 Å². The Hall–Kier alpha value is -2.05. The van der Waals surface area contributed by atoms with Crippen molar-refractivity contribution in [3.63, 3.8) is 0 Å². The highest BCUT2D eigenvalue weighted by atomic mass is 16.2. The second-order valence-corrected chi connectivity index (χ2v) is 6.36. The van der Waals surface area contributed by atoms with Crippen LogP contribution < -0.4 is 16.4 Å². The number of carbonyl (C=O) groups is 1. The summed E-state index contributed by atoms with van der Waals surface area (Å²) < 4.78 is 0. The van der Waals surface area contributed by atoms with Crippen molar-refractivity contribution >= 4 is 23.4 Å². The third-order valence-electron chi connectivity index (χ3n) is 4.81. The molecule has 4 N–H and O–H groups in total. The van der Waals surface area contributed by atoms with E-state index in [1.54, 1.807) is 0 Å². The summed E-state index contributed by atoms with van der Waals surface area (Å²) in [4.78, 5) is 25.3. The topological polar surface area (TPSA) is 101 Å². The van der Waals surface area contributed by atoms with Crippen molar-refractivity contribution in [3.05, 3.63) is 6.20 Å². The van der Waals surface area contributed by atoms with Crippen molar-refractivity contribution in [2.24, 2.45) is 11.8 Å². The SMILES string of the molecule is C[C@@H]1CCN(c2ncc(N)c(N)n2)C[C@@H]1C(=O)N1CCCC1. The van der Waals surface area contributed by atoms with Gasteiger partial charge in [-0.2, -0.15) is 4.98 Å². The minimum atomic E-state index is 0.00854. The lowest BCUT2D eigenvalue weighted by atomic mass is 9.86. The fourth-order valence-corrected chi connectivity index (χ4v) is 3.29. The van der Waals surface area contributed by atoms with Gasteiger partial charge in [0.15, 0.2) is 5.82 Å². The number of hydrogen-bond acceptors (Lipinski definition) is 6. The van der Waals surface area contributed by atoms with Gasteiger partial charge in [0.05, 0.1) is 17.8 Å². The largest absolute Gasteiger partial charge is 0.394 e. The molecule has 2 aliphatic rings. The molecule has 1 aromatic heterocycles. The van der Waals surface area contributed by atoms with E-state index < -0.39 is 0 Å². The van der Waals surface area contributed by atoms with E-state index in [2.05, 4.69) is 21.8 Å². The van der Waals surface area contributed by atoms with E-state index in [-0.39, 0.29) is 11.8 Å². The Balaban J connectivity index is 1.74. The van der Waals surface area contributed by atoms with E-state index in [4.69, 9.17) is 11.5 Å². The van der Waals surface area contributed by atoms with Gasteiger partial charge >= 0.3 is 0 Å². The highest BCUT2D eigenvalue weighted by Gasteiger charge is 2.35. The van der Waals surface area contributed by atoms with Gasteiger partial charge < -0.3 is 21.3 Å². The van der Waals surface area contributed by atoms with Crippen LogP contribution in [0.2, 0.25) is 0 Å². The first-order valence-electron chi connectivity index (χ1n) is 7.98. The molecule has 2 saturated heterocycles. The fraction of sp³-hybridized carbons (Fsp3) is 0.667. The molecule has 7 nitrogen and oxygen atoms in total. The molecule has 120 valence electrons. The maximum absolute atomic E-state index is 12.7. The molecule has 0 aliphatic carbocycles. The van der Waals surface area contributed by atoms with Gasteiger partial charge in [0.25, 0.3) is 0 Å². The third-order valence-corrected chi connectivity index (χ3v) is 4.81. The standard InChI is InChI=1S/C15H24N6O/c1-10-4-7-21(15-18-8-12(16)13(17)19-15)9-11(10)14(22)20-5-2-3-6-20/h8,10-11H,2-7,9,16H2,1H3,(H2,17,18,19)/t10-,11+/m1/s1. The lowest BCUT2D eigenvalue weighted by molar-refractivity contribution is -0.136. The van der Waals surface area contributed by atoms with E-state index in [0.717, 1.165) is 38.9 Å². The van der Waals surface area contributed by atoms with Crippen LogP contribution in [0.25, 0.3) is 0 Å². The summed E-state index contributed by atoms with van der Waals surface area (Å²) in [6, 6.07) is 0. The molecule has 0 unspecified atom stereocenters. The van der Waals surface area contributed by atoms with Crippen LogP contribution in [0.5, 0.6) is 0 Å². The first-order valence-corrected chi connectivity index (χ1v) is 7.98. The molecule has 3 heterocycles. The van der Waals surface area contributed by atoms with Crippen LogP contribution in [0.3, 0.4) is 0 Å². The molecular weight excluding hydrogens is 280 g/mol. The summed E-state index contributed by atoms with van der Waals surface area (Å²) in [5.41, 5.74) is 11.8. The Bertz CT molecular complexity index is 557. The number of nitrogens with zero attached hydrogens (tertiary/aromatic N) is 4. The molecule has 7 heteroatoms. The molecule has 0 bridgehead atoms. The van der Waals surface area contributed by atoms with Crippen molar-refractivity contribution < 1.29 is 4.79 Å². The molecule has 2 atom stereocenters. The van der Waals surface area contributed by atoms with Gasteiger partial charge in [0.2, 0.25) is 11.9 Å². The van der Waals surface area contributed by atoms with Crippen molar-refractivity contribution in [2.45, 2.75) is 26.2 Å². The quantitative estimate of drug-likeness (QED) is 0.835. The van der Waals surface area contributed by atoms with Crippen molar-refractivity contribution in [2.75, 3.05) is 42.5 Å². The highest BCUT2D eigenvalue weighted by Crippen LogP contribution is 2.29. The van der Waals surface area contributed by atoms with E-state index in [1.807, 2.05) is 4.90 Å². The molecule has 0 saturated carbocycles. The van der Waals surface area contributed by atoms with Crippen LogP contribution in [0.1, 0.15) is 26.2 Å². The smallest absolute Gasteiger partial charge is 0.227 e. The summed E-state index contributed by atoms with van der Waals surface area (Å²) in [5, 5.41) is 0. The number of amides is 1. The van der Waals surface area contributed by atoms with Crippen LogP contribution in [-0.2, 0) is 4.79 Å². The predicted molar refractivity (Wildman–Crippen MR) is 86.2 cm³/mol. The third kappa shape index (κ3) is 2.80. The van der Waals surface area contributed by atoms with E-state index >= 15 is 0 Å². The Morgan fingerprint density at radius 1 is 1.27 bits per heavy atom. The summed E-state index contributed by atoms with van der Waals surface area (Å²) >= 11 is 0. The lowest BCUT2D eigenvalue weighted by Crippen LogP contribution is -2.48. The maximum Gasteiger partial charge on any atom is 0.227 e. The highest BCUT2D eigenvalue weighted by molar-refractivity contribution is 5.80. The zero-order chi connectivity index (χ0) is 15.7. The number of anilines is 3. The van der Waals surface area contributed by atoms with E-state index in [1.165, 1.54) is 6.20 Å². The van der Waals surface area contributed by atoms with E-state index in [9.17, 15) is 4.79 Å². The molecule has 1 amide bonds. The molecule has 2 aliphatic heterocycles. The average Bonchev–Trinajstić information content (AvgIpc) is 3.04. The number of likely N-dealkylation sites (tertiary alicyclic amines) is 1. The molecular formula is C15H24N6O. The maximum atomic E-state index is 12.7. The zero-order valence-corrected chi connectivity index (χ0v) is 13.0. The first-order chi connectivity index (χ1) is 10.6. The van der Waals surface area contributed by atoms with Crippen LogP contribution in [-0.4, -0.2) is 47.0 Å². The Morgan fingerprint density at radius 2 is 2.00 bits per heavy atom. The average molecular weight is 304 g/mol. The zero-order valence-electron chi connectivity index (χ0n) is 13.0. The molecule has 1 aromatic rings.